The Labute approximate surface area is 120 Å². The number of hydrogen-bond donors (Lipinski definition) is 0. The second-order valence-electron chi connectivity index (χ2n) is 5.75. The highest BCUT2D eigenvalue weighted by Crippen LogP contribution is 2.52. The van der Waals surface area contributed by atoms with Gasteiger partial charge in [-0.1, -0.05) is 54.6 Å². The zero-order chi connectivity index (χ0) is 14.0. The van der Waals surface area contributed by atoms with Crippen LogP contribution >= 0.6 is 0 Å². The fraction of sp³-hybridized carbons (Fsp3) is 0.389. The van der Waals surface area contributed by atoms with Crippen molar-refractivity contribution >= 4 is 5.78 Å². The van der Waals surface area contributed by atoms with Crippen LogP contribution in [0.4, 0.5) is 0 Å². The number of carbonyl (C=O) groups excluding carboxylic acids is 1. The lowest BCUT2D eigenvalue weighted by atomic mass is 9.72. The Bertz CT molecular complexity index is 544. The molecule has 1 aromatic carbocycles. The summed E-state index contributed by atoms with van der Waals surface area (Å²) in [6, 6.07) is 10.1. The first kappa shape index (κ1) is 13.3. The number of carbonyl (C=O) groups is 1. The molecule has 1 saturated carbocycles. The largest absolute Gasteiger partial charge is 0.384 e. The summed E-state index contributed by atoms with van der Waals surface area (Å²) in [4.78, 5) is 13.0. The van der Waals surface area contributed by atoms with Gasteiger partial charge >= 0.3 is 0 Å². The number of rotatable bonds is 3. The molecule has 0 bridgehead atoms. The molecule has 1 fully saturated rings. The summed E-state index contributed by atoms with van der Waals surface area (Å²) in [6.45, 7) is 0.646. The molecule has 20 heavy (non-hydrogen) atoms. The Morgan fingerprint density at radius 2 is 2.05 bits per heavy atom. The van der Waals surface area contributed by atoms with Crippen molar-refractivity contribution in [1.29, 1.82) is 0 Å². The first-order chi connectivity index (χ1) is 9.78. The predicted octanol–water partition coefficient (Wildman–Crippen LogP) is 3.51. The molecule has 2 aliphatic rings. The van der Waals surface area contributed by atoms with Crippen molar-refractivity contribution < 1.29 is 9.53 Å². The number of Topliss-reactive ketones (excluding diaryl/α,β-unsaturated/α-hetero) is 1. The van der Waals surface area contributed by atoms with E-state index in [2.05, 4.69) is 24.3 Å². The molecule has 2 heteroatoms. The molecule has 0 aliphatic heterocycles. The average molecular weight is 268 g/mol. The summed E-state index contributed by atoms with van der Waals surface area (Å²) in [7, 11) is 1.72. The van der Waals surface area contributed by atoms with E-state index >= 15 is 0 Å². The number of allylic oxidation sites excluding steroid dienone is 4. The maximum Gasteiger partial charge on any atom is 0.150 e. The monoisotopic (exact) mass is 268 g/mol. The lowest BCUT2D eigenvalue weighted by molar-refractivity contribution is -0.126. The van der Waals surface area contributed by atoms with Crippen molar-refractivity contribution in [2.75, 3.05) is 13.7 Å². The smallest absolute Gasteiger partial charge is 0.150 e. The van der Waals surface area contributed by atoms with E-state index in [0.717, 1.165) is 18.4 Å². The van der Waals surface area contributed by atoms with Gasteiger partial charge in [-0.2, -0.15) is 0 Å². The number of ether oxygens (including phenoxy) is 1. The minimum atomic E-state index is -0.356. The van der Waals surface area contributed by atoms with E-state index in [1.807, 2.05) is 30.4 Å². The number of hydrogen-bond acceptors (Lipinski definition) is 2. The van der Waals surface area contributed by atoms with Crippen LogP contribution in [0.2, 0.25) is 0 Å². The van der Waals surface area contributed by atoms with Gasteiger partial charge in [0.2, 0.25) is 0 Å². The maximum atomic E-state index is 13.0. The number of ketones is 1. The van der Waals surface area contributed by atoms with Crippen molar-refractivity contribution in [2.24, 2.45) is 11.3 Å². The summed E-state index contributed by atoms with van der Waals surface area (Å²) in [6.07, 6.45) is 9.93. The Balaban J connectivity index is 1.96. The van der Waals surface area contributed by atoms with Gasteiger partial charge in [-0.25, -0.2) is 0 Å². The molecule has 0 radical (unpaired) electrons. The van der Waals surface area contributed by atoms with Gasteiger partial charge in [0.1, 0.15) is 0 Å². The molecule has 0 aromatic heterocycles. The van der Waals surface area contributed by atoms with E-state index in [4.69, 9.17) is 4.74 Å². The van der Waals surface area contributed by atoms with Crippen LogP contribution in [-0.4, -0.2) is 19.5 Å². The second kappa shape index (κ2) is 5.37. The fourth-order valence-corrected chi connectivity index (χ4v) is 3.64. The van der Waals surface area contributed by atoms with Crippen LogP contribution in [0.3, 0.4) is 0 Å². The summed E-state index contributed by atoms with van der Waals surface area (Å²) in [5.41, 5.74) is 0.782. The van der Waals surface area contributed by atoms with Crippen molar-refractivity contribution in [3.8, 4) is 0 Å². The zero-order valence-corrected chi connectivity index (χ0v) is 11.8. The van der Waals surface area contributed by atoms with E-state index in [9.17, 15) is 4.79 Å². The summed E-state index contributed by atoms with van der Waals surface area (Å²) in [5.74, 6) is 0.630. The van der Waals surface area contributed by atoms with Gasteiger partial charge in [0, 0.05) is 13.0 Å². The lowest BCUT2D eigenvalue weighted by Crippen LogP contribution is -2.34. The SMILES string of the molecule is COC[C@@H]1CC(c2ccccc2)C(=O)[C@@]12C=CC=CC2. The van der Waals surface area contributed by atoms with E-state index in [0.29, 0.717) is 12.4 Å². The van der Waals surface area contributed by atoms with Gasteiger partial charge in [0.25, 0.3) is 0 Å². The molecule has 0 amide bonds. The zero-order valence-electron chi connectivity index (χ0n) is 11.8. The highest BCUT2D eigenvalue weighted by Gasteiger charge is 2.52. The topological polar surface area (TPSA) is 26.3 Å². The molecule has 1 spiro atoms. The molecule has 0 N–H and O–H groups in total. The molecule has 2 nitrogen and oxygen atoms in total. The number of benzene rings is 1. The Morgan fingerprint density at radius 3 is 2.70 bits per heavy atom. The molecule has 1 unspecified atom stereocenters. The second-order valence-corrected chi connectivity index (χ2v) is 5.75. The molecular formula is C18H20O2. The standard InChI is InChI=1S/C18H20O2/c1-20-13-15-12-16(14-8-4-2-5-9-14)17(19)18(15)10-6-3-7-11-18/h2-10,15-16H,11-13H2,1H3/t15-,16?,18+/m0/s1. The first-order valence-electron chi connectivity index (χ1n) is 7.20. The van der Waals surface area contributed by atoms with Crippen LogP contribution in [0.1, 0.15) is 24.3 Å². The van der Waals surface area contributed by atoms with E-state index < -0.39 is 0 Å². The average Bonchev–Trinajstić information content (AvgIpc) is 2.76. The third-order valence-corrected chi connectivity index (χ3v) is 4.69. The van der Waals surface area contributed by atoms with Crippen LogP contribution in [0.5, 0.6) is 0 Å². The van der Waals surface area contributed by atoms with E-state index in [1.165, 1.54) is 0 Å². The predicted molar refractivity (Wildman–Crippen MR) is 79.5 cm³/mol. The van der Waals surface area contributed by atoms with Crippen LogP contribution in [0, 0.1) is 11.3 Å². The molecule has 3 rings (SSSR count). The molecule has 104 valence electrons. The van der Waals surface area contributed by atoms with Gasteiger partial charge in [-0.05, 0) is 24.3 Å². The van der Waals surface area contributed by atoms with Gasteiger partial charge in [-0.15, -0.1) is 0 Å². The molecule has 2 aliphatic carbocycles. The maximum absolute atomic E-state index is 13.0. The minimum absolute atomic E-state index is 0.00694. The van der Waals surface area contributed by atoms with Crippen molar-refractivity contribution in [3.05, 3.63) is 60.2 Å². The molecule has 1 aromatic rings. The van der Waals surface area contributed by atoms with Gasteiger partial charge < -0.3 is 4.74 Å². The Hall–Kier alpha value is -1.67. The van der Waals surface area contributed by atoms with Crippen molar-refractivity contribution in [3.63, 3.8) is 0 Å². The van der Waals surface area contributed by atoms with Gasteiger partial charge in [-0.3, -0.25) is 4.79 Å². The molecule has 0 saturated heterocycles. The third-order valence-electron chi connectivity index (χ3n) is 4.69. The summed E-state index contributed by atoms with van der Waals surface area (Å²) in [5, 5.41) is 0. The van der Waals surface area contributed by atoms with Crippen LogP contribution in [0.15, 0.2) is 54.6 Å². The lowest BCUT2D eigenvalue weighted by Gasteiger charge is -2.31. The molecule has 0 heterocycles. The minimum Gasteiger partial charge on any atom is -0.384 e. The molecule has 3 atom stereocenters. The first-order valence-corrected chi connectivity index (χ1v) is 7.20. The molecular weight excluding hydrogens is 248 g/mol. The van der Waals surface area contributed by atoms with E-state index in [-0.39, 0.29) is 17.3 Å². The normalized spacial score (nSPS) is 32.1. The highest BCUT2D eigenvalue weighted by molar-refractivity contribution is 5.95. The van der Waals surface area contributed by atoms with Gasteiger partial charge in [0.05, 0.1) is 12.0 Å². The van der Waals surface area contributed by atoms with Crippen LogP contribution < -0.4 is 0 Å². The summed E-state index contributed by atoms with van der Waals surface area (Å²) < 4.78 is 5.38. The van der Waals surface area contributed by atoms with Crippen molar-refractivity contribution in [1.82, 2.24) is 0 Å². The Kier molecular flexibility index (Phi) is 3.58. The highest BCUT2D eigenvalue weighted by atomic mass is 16.5. The Morgan fingerprint density at radius 1 is 1.25 bits per heavy atom. The summed E-state index contributed by atoms with van der Waals surface area (Å²) >= 11 is 0. The van der Waals surface area contributed by atoms with Crippen molar-refractivity contribution in [2.45, 2.75) is 18.8 Å². The fourth-order valence-electron chi connectivity index (χ4n) is 3.64. The van der Waals surface area contributed by atoms with Gasteiger partial charge in [0.15, 0.2) is 5.78 Å². The van der Waals surface area contributed by atoms with Crippen LogP contribution in [0.25, 0.3) is 0 Å². The van der Waals surface area contributed by atoms with E-state index in [1.54, 1.807) is 7.11 Å². The van der Waals surface area contributed by atoms with Crippen LogP contribution in [-0.2, 0) is 9.53 Å². The third kappa shape index (κ3) is 2.04. The quantitative estimate of drug-likeness (QED) is 0.838. The number of methoxy groups -OCH3 is 1.